The molecule has 1 aliphatic heterocycles. The van der Waals surface area contributed by atoms with E-state index < -0.39 is 0 Å². The molecule has 0 saturated heterocycles. The van der Waals surface area contributed by atoms with Gasteiger partial charge in [0, 0.05) is 6.42 Å². The number of amides is 1. The van der Waals surface area contributed by atoms with Crippen molar-refractivity contribution in [3.05, 3.63) is 12.0 Å². The molecule has 2 heterocycles. The Morgan fingerprint density at radius 3 is 3.07 bits per heavy atom. The van der Waals surface area contributed by atoms with Gasteiger partial charge in [0.25, 0.3) is 5.91 Å². The van der Waals surface area contributed by atoms with Gasteiger partial charge in [-0.3, -0.25) is 15.6 Å². The molecule has 0 aliphatic carbocycles. The van der Waals surface area contributed by atoms with Crippen molar-refractivity contribution in [3.63, 3.8) is 0 Å². The van der Waals surface area contributed by atoms with Crippen LogP contribution in [0.15, 0.2) is 11.3 Å². The van der Waals surface area contributed by atoms with Crippen LogP contribution in [-0.2, 0) is 0 Å². The fraction of sp³-hybridized carbons (Fsp3) is 0.375. The molecular weight excluding hydrogens is 182 g/mol. The molecule has 14 heavy (non-hydrogen) atoms. The zero-order valence-corrected chi connectivity index (χ0v) is 7.79. The molecule has 1 aromatic rings. The van der Waals surface area contributed by atoms with Crippen LogP contribution in [0.5, 0.6) is 0 Å². The average molecular weight is 193 g/mol. The number of aromatic amines is 1. The Morgan fingerprint density at radius 1 is 1.43 bits per heavy atom. The summed E-state index contributed by atoms with van der Waals surface area (Å²) in [6.07, 6.45) is 3.21. The van der Waals surface area contributed by atoms with Crippen LogP contribution in [0.3, 0.4) is 0 Å². The Hall–Kier alpha value is -1.85. The highest BCUT2D eigenvalue weighted by Crippen LogP contribution is 2.15. The predicted molar refractivity (Wildman–Crippen MR) is 51.2 cm³/mol. The number of fused-ring (bicyclic) bond motifs is 1. The number of carbonyl (C=O) groups excluding carboxylic acids is 1. The SMILES string of the molecule is CCCC1=Nc2nc[nH]c2C(=O)NN1. The van der Waals surface area contributed by atoms with Crippen molar-refractivity contribution < 1.29 is 4.79 Å². The van der Waals surface area contributed by atoms with Gasteiger partial charge >= 0.3 is 0 Å². The Kier molecular flexibility index (Phi) is 2.18. The maximum atomic E-state index is 11.4. The van der Waals surface area contributed by atoms with E-state index in [0.717, 1.165) is 18.7 Å². The molecule has 1 amide bonds. The highest BCUT2D eigenvalue weighted by Gasteiger charge is 2.17. The lowest BCUT2D eigenvalue weighted by molar-refractivity contribution is 0.0941. The zero-order chi connectivity index (χ0) is 9.97. The minimum absolute atomic E-state index is 0.243. The van der Waals surface area contributed by atoms with Gasteiger partial charge in [-0.15, -0.1) is 0 Å². The lowest BCUT2D eigenvalue weighted by Crippen LogP contribution is -2.40. The minimum atomic E-state index is -0.243. The van der Waals surface area contributed by atoms with Crippen LogP contribution in [0.25, 0.3) is 0 Å². The second-order valence-electron chi connectivity index (χ2n) is 2.99. The first kappa shape index (κ1) is 8.74. The van der Waals surface area contributed by atoms with Gasteiger partial charge in [0.05, 0.1) is 6.33 Å². The number of nitrogens with zero attached hydrogens (tertiary/aromatic N) is 2. The quantitative estimate of drug-likeness (QED) is 0.639. The molecule has 6 nitrogen and oxygen atoms in total. The molecule has 1 aliphatic rings. The van der Waals surface area contributed by atoms with E-state index in [1.165, 1.54) is 6.33 Å². The number of nitrogens with one attached hydrogen (secondary N) is 3. The first-order valence-corrected chi connectivity index (χ1v) is 4.48. The van der Waals surface area contributed by atoms with Crippen molar-refractivity contribution in [1.82, 2.24) is 20.8 Å². The van der Waals surface area contributed by atoms with Crippen molar-refractivity contribution >= 4 is 17.6 Å². The number of H-pyrrole nitrogens is 1. The largest absolute Gasteiger partial charge is 0.339 e. The number of rotatable bonds is 2. The fourth-order valence-electron chi connectivity index (χ4n) is 1.24. The van der Waals surface area contributed by atoms with Crippen molar-refractivity contribution in [2.75, 3.05) is 0 Å². The summed E-state index contributed by atoms with van der Waals surface area (Å²) in [5.41, 5.74) is 5.68. The molecule has 0 aromatic carbocycles. The van der Waals surface area contributed by atoms with Crippen LogP contribution in [-0.4, -0.2) is 21.7 Å². The van der Waals surface area contributed by atoms with Gasteiger partial charge in [-0.1, -0.05) is 6.92 Å². The van der Waals surface area contributed by atoms with E-state index in [4.69, 9.17) is 0 Å². The smallest absolute Gasteiger partial charge is 0.290 e. The Labute approximate surface area is 80.8 Å². The molecule has 2 rings (SSSR count). The van der Waals surface area contributed by atoms with Crippen LogP contribution in [0.2, 0.25) is 0 Å². The molecule has 0 radical (unpaired) electrons. The van der Waals surface area contributed by atoms with Crippen molar-refractivity contribution in [2.24, 2.45) is 4.99 Å². The van der Waals surface area contributed by atoms with Crippen LogP contribution in [0.4, 0.5) is 5.82 Å². The van der Waals surface area contributed by atoms with Gasteiger partial charge in [-0.2, -0.15) is 0 Å². The third-order valence-electron chi connectivity index (χ3n) is 1.89. The summed E-state index contributed by atoms with van der Waals surface area (Å²) in [4.78, 5) is 22.3. The number of hydrogen-bond acceptors (Lipinski definition) is 4. The third kappa shape index (κ3) is 1.46. The van der Waals surface area contributed by atoms with Crippen LogP contribution in [0, 0.1) is 0 Å². The number of hydrogen-bond donors (Lipinski definition) is 3. The lowest BCUT2D eigenvalue weighted by Gasteiger charge is -2.05. The molecule has 6 heteroatoms. The maximum Gasteiger partial charge on any atom is 0.290 e. The van der Waals surface area contributed by atoms with E-state index in [1.807, 2.05) is 6.92 Å². The van der Waals surface area contributed by atoms with E-state index in [1.54, 1.807) is 0 Å². The first-order valence-electron chi connectivity index (χ1n) is 4.48. The predicted octanol–water partition coefficient (Wildman–Crippen LogP) is 0.488. The summed E-state index contributed by atoms with van der Waals surface area (Å²) in [6, 6.07) is 0. The monoisotopic (exact) mass is 193 g/mol. The molecule has 0 spiro atoms. The van der Waals surface area contributed by atoms with Crippen LogP contribution in [0.1, 0.15) is 30.3 Å². The van der Waals surface area contributed by atoms with Gasteiger partial charge < -0.3 is 4.98 Å². The highest BCUT2D eigenvalue weighted by atomic mass is 16.2. The molecule has 1 aromatic heterocycles. The van der Waals surface area contributed by atoms with Crippen LogP contribution < -0.4 is 10.9 Å². The second-order valence-corrected chi connectivity index (χ2v) is 2.99. The Morgan fingerprint density at radius 2 is 2.29 bits per heavy atom. The van der Waals surface area contributed by atoms with Gasteiger partial charge in [0.1, 0.15) is 5.84 Å². The van der Waals surface area contributed by atoms with Crippen molar-refractivity contribution in [3.8, 4) is 0 Å². The maximum absolute atomic E-state index is 11.4. The van der Waals surface area contributed by atoms with E-state index >= 15 is 0 Å². The van der Waals surface area contributed by atoms with E-state index in [2.05, 4.69) is 25.8 Å². The Bertz CT molecular complexity index is 381. The molecule has 3 N–H and O–H groups in total. The minimum Gasteiger partial charge on any atom is -0.339 e. The van der Waals surface area contributed by atoms with E-state index in [-0.39, 0.29) is 5.91 Å². The standard InChI is InChI=1S/C8H11N5O/c1-2-3-5-11-7-6(9-4-10-7)8(14)13-12-5/h4H,2-3H2,1H3,(H,9,10)(H,11,12)(H,13,14). The summed E-state index contributed by atoms with van der Waals surface area (Å²) < 4.78 is 0. The number of aromatic nitrogens is 2. The van der Waals surface area contributed by atoms with Crippen LogP contribution >= 0.6 is 0 Å². The van der Waals surface area contributed by atoms with Gasteiger partial charge in [0.15, 0.2) is 11.5 Å². The van der Waals surface area contributed by atoms with Gasteiger partial charge in [0.2, 0.25) is 0 Å². The molecular formula is C8H11N5O. The lowest BCUT2D eigenvalue weighted by atomic mass is 10.3. The summed E-state index contributed by atoms with van der Waals surface area (Å²) in [5, 5.41) is 0. The summed E-state index contributed by atoms with van der Waals surface area (Å²) in [7, 11) is 0. The summed E-state index contributed by atoms with van der Waals surface area (Å²) in [5.74, 6) is 0.926. The third-order valence-corrected chi connectivity index (χ3v) is 1.89. The van der Waals surface area contributed by atoms with Crippen molar-refractivity contribution in [1.29, 1.82) is 0 Å². The molecule has 0 bridgehead atoms. The van der Waals surface area contributed by atoms with Gasteiger partial charge in [-0.25, -0.2) is 9.98 Å². The molecule has 74 valence electrons. The zero-order valence-electron chi connectivity index (χ0n) is 7.79. The summed E-state index contributed by atoms with van der Waals surface area (Å²) >= 11 is 0. The van der Waals surface area contributed by atoms with Crippen molar-refractivity contribution in [2.45, 2.75) is 19.8 Å². The molecule has 0 atom stereocenters. The van der Waals surface area contributed by atoms with Gasteiger partial charge in [-0.05, 0) is 6.42 Å². The molecule has 0 unspecified atom stereocenters. The number of hydrazine groups is 1. The normalized spacial score (nSPS) is 14.9. The Balaban J connectivity index is 2.33. The number of amidine groups is 1. The average Bonchev–Trinajstić information content (AvgIpc) is 2.57. The summed E-state index contributed by atoms with van der Waals surface area (Å²) in [6.45, 7) is 2.04. The number of carbonyl (C=O) groups is 1. The number of aliphatic imine (C=N–C) groups is 1. The van der Waals surface area contributed by atoms with E-state index in [0.29, 0.717) is 11.5 Å². The molecule has 0 saturated carbocycles. The fourth-order valence-corrected chi connectivity index (χ4v) is 1.24. The topological polar surface area (TPSA) is 82.2 Å². The number of imidazole rings is 1. The highest BCUT2D eigenvalue weighted by molar-refractivity contribution is 6.01. The first-order chi connectivity index (χ1) is 6.81. The molecule has 0 fully saturated rings. The second kappa shape index (κ2) is 3.49. The van der Waals surface area contributed by atoms with E-state index in [9.17, 15) is 4.79 Å².